The number of amides is 3. The number of carbonyl (C=O) groups excluding carboxylic acids is 3. The van der Waals surface area contributed by atoms with Crippen LogP contribution in [0.15, 0.2) is 30.3 Å². The highest BCUT2D eigenvalue weighted by molar-refractivity contribution is 5.89. The maximum absolute atomic E-state index is 12.8. The van der Waals surface area contributed by atoms with E-state index in [0.717, 1.165) is 56.9 Å². The second-order valence-corrected chi connectivity index (χ2v) is 8.58. The second-order valence-electron chi connectivity index (χ2n) is 8.58. The molecule has 32 heavy (non-hydrogen) atoms. The van der Waals surface area contributed by atoms with Gasteiger partial charge in [-0.05, 0) is 24.8 Å². The van der Waals surface area contributed by atoms with Gasteiger partial charge in [-0.1, -0.05) is 88.6 Å². The predicted octanol–water partition coefficient (Wildman–Crippen LogP) is 4.21. The standard InChI is InChI=1S/C25H39N3O4/c1-2-3-4-5-12-17-22(24(30)27-21-15-10-7-11-16-21)28-23(29)18-26-25(31)32-19-20-13-8-6-9-14-20/h6,8-9,13-14,21-22H,2-5,7,10-12,15-19H2,1H3,(H,26,31)(H,27,30)(H,28,29). The number of hydrogen-bond donors (Lipinski definition) is 3. The lowest BCUT2D eigenvalue weighted by Crippen LogP contribution is -2.51. The van der Waals surface area contributed by atoms with Crippen molar-refractivity contribution in [3.8, 4) is 0 Å². The summed E-state index contributed by atoms with van der Waals surface area (Å²) in [7, 11) is 0. The molecule has 1 aromatic carbocycles. The molecule has 1 atom stereocenters. The van der Waals surface area contributed by atoms with Gasteiger partial charge in [-0.15, -0.1) is 0 Å². The summed E-state index contributed by atoms with van der Waals surface area (Å²) in [6, 6.07) is 8.95. The van der Waals surface area contributed by atoms with Crippen molar-refractivity contribution >= 4 is 17.9 Å². The summed E-state index contributed by atoms with van der Waals surface area (Å²) in [6.45, 7) is 2.08. The lowest BCUT2D eigenvalue weighted by atomic mass is 9.95. The molecule has 0 spiro atoms. The first kappa shape index (κ1) is 25.7. The Kier molecular flexibility index (Phi) is 12.3. The van der Waals surface area contributed by atoms with Gasteiger partial charge >= 0.3 is 6.09 Å². The molecule has 0 aliphatic heterocycles. The molecule has 2 rings (SSSR count). The van der Waals surface area contributed by atoms with Crippen molar-refractivity contribution in [2.75, 3.05) is 6.54 Å². The van der Waals surface area contributed by atoms with Crippen LogP contribution in [0.3, 0.4) is 0 Å². The summed E-state index contributed by atoms with van der Waals surface area (Å²) < 4.78 is 5.12. The second kappa shape index (κ2) is 15.3. The summed E-state index contributed by atoms with van der Waals surface area (Å²) in [5, 5.41) is 8.38. The van der Waals surface area contributed by atoms with Gasteiger partial charge in [0.25, 0.3) is 0 Å². The molecular weight excluding hydrogens is 406 g/mol. The molecule has 0 saturated heterocycles. The fourth-order valence-electron chi connectivity index (χ4n) is 3.94. The maximum Gasteiger partial charge on any atom is 0.407 e. The normalized spacial score (nSPS) is 14.9. The van der Waals surface area contributed by atoms with Gasteiger partial charge in [-0.25, -0.2) is 4.79 Å². The SMILES string of the molecule is CCCCCCCC(NC(=O)CNC(=O)OCc1ccccc1)C(=O)NC1CCCCC1. The molecule has 1 unspecified atom stereocenters. The number of nitrogens with one attached hydrogen (secondary N) is 3. The third kappa shape index (κ3) is 10.6. The Bertz CT molecular complexity index is 690. The number of alkyl carbamates (subject to hydrolysis) is 1. The summed E-state index contributed by atoms with van der Waals surface area (Å²) >= 11 is 0. The lowest BCUT2D eigenvalue weighted by Gasteiger charge is -2.26. The Hall–Kier alpha value is -2.57. The highest BCUT2D eigenvalue weighted by atomic mass is 16.5. The number of rotatable bonds is 13. The van der Waals surface area contributed by atoms with Gasteiger partial charge in [0.05, 0.1) is 0 Å². The van der Waals surface area contributed by atoms with Crippen molar-refractivity contribution in [1.29, 1.82) is 0 Å². The van der Waals surface area contributed by atoms with E-state index in [4.69, 9.17) is 4.74 Å². The molecule has 1 aliphatic rings. The summed E-state index contributed by atoms with van der Waals surface area (Å²) in [6.07, 6.45) is 10.8. The molecule has 178 valence electrons. The van der Waals surface area contributed by atoms with Crippen molar-refractivity contribution in [3.05, 3.63) is 35.9 Å². The minimum absolute atomic E-state index is 0.118. The molecule has 0 radical (unpaired) electrons. The molecule has 0 bridgehead atoms. The number of hydrogen-bond acceptors (Lipinski definition) is 4. The molecule has 7 heteroatoms. The highest BCUT2D eigenvalue weighted by Crippen LogP contribution is 2.18. The number of unbranched alkanes of at least 4 members (excludes halogenated alkanes) is 4. The van der Waals surface area contributed by atoms with Gasteiger partial charge in [-0.2, -0.15) is 0 Å². The maximum atomic E-state index is 12.8. The summed E-state index contributed by atoms with van der Waals surface area (Å²) in [4.78, 5) is 37.1. The van der Waals surface area contributed by atoms with E-state index in [2.05, 4.69) is 22.9 Å². The Morgan fingerprint density at radius 2 is 1.72 bits per heavy atom. The minimum atomic E-state index is -0.660. The van der Waals surface area contributed by atoms with Gasteiger partial charge in [0.15, 0.2) is 0 Å². The fraction of sp³-hybridized carbons (Fsp3) is 0.640. The van der Waals surface area contributed by atoms with Crippen LogP contribution in [0.1, 0.15) is 83.1 Å². The van der Waals surface area contributed by atoms with Gasteiger partial charge in [0.2, 0.25) is 11.8 Å². The molecule has 0 aromatic heterocycles. The zero-order valence-corrected chi connectivity index (χ0v) is 19.4. The van der Waals surface area contributed by atoms with E-state index in [-0.39, 0.29) is 31.0 Å². The fourth-order valence-corrected chi connectivity index (χ4v) is 3.94. The van der Waals surface area contributed by atoms with Crippen LogP contribution in [-0.4, -0.2) is 36.5 Å². The first-order valence-electron chi connectivity index (χ1n) is 12.1. The molecule has 0 heterocycles. The average Bonchev–Trinajstić information content (AvgIpc) is 2.81. The van der Waals surface area contributed by atoms with Crippen molar-refractivity contribution in [2.24, 2.45) is 0 Å². The van der Waals surface area contributed by atoms with E-state index >= 15 is 0 Å². The van der Waals surface area contributed by atoms with E-state index in [1.54, 1.807) is 0 Å². The van der Waals surface area contributed by atoms with E-state index in [0.29, 0.717) is 6.42 Å². The van der Waals surface area contributed by atoms with Crippen LogP contribution in [0.25, 0.3) is 0 Å². The topological polar surface area (TPSA) is 96.5 Å². The molecular formula is C25H39N3O4. The van der Waals surface area contributed by atoms with Crippen molar-refractivity contribution in [3.63, 3.8) is 0 Å². The Labute approximate surface area is 192 Å². The van der Waals surface area contributed by atoms with Crippen LogP contribution in [0.4, 0.5) is 4.79 Å². The van der Waals surface area contributed by atoms with Crippen LogP contribution in [-0.2, 0) is 20.9 Å². The zero-order valence-electron chi connectivity index (χ0n) is 19.4. The first-order valence-corrected chi connectivity index (χ1v) is 12.1. The molecule has 7 nitrogen and oxygen atoms in total. The number of ether oxygens (including phenoxy) is 1. The Morgan fingerprint density at radius 3 is 2.44 bits per heavy atom. The third-order valence-electron chi connectivity index (χ3n) is 5.81. The van der Waals surface area contributed by atoms with E-state index in [1.165, 1.54) is 12.8 Å². The number of carbonyl (C=O) groups is 3. The van der Waals surface area contributed by atoms with Gasteiger partial charge in [0.1, 0.15) is 19.2 Å². The van der Waals surface area contributed by atoms with Gasteiger partial charge in [-0.3, -0.25) is 9.59 Å². The summed E-state index contributed by atoms with van der Waals surface area (Å²) in [5.74, 6) is -0.508. The van der Waals surface area contributed by atoms with Crippen LogP contribution in [0.5, 0.6) is 0 Å². The lowest BCUT2D eigenvalue weighted by molar-refractivity contribution is -0.129. The van der Waals surface area contributed by atoms with Gasteiger partial charge < -0.3 is 20.7 Å². The van der Waals surface area contributed by atoms with Crippen LogP contribution in [0.2, 0.25) is 0 Å². The average molecular weight is 446 g/mol. The molecule has 1 aliphatic carbocycles. The largest absolute Gasteiger partial charge is 0.445 e. The predicted molar refractivity (Wildman–Crippen MR) is 125 cm³/mol. The quantitative estimate of drug-likeness (QED) is 0.396. The molecule has 1 aromatic rings. The Morgan fingerprint density at radius 1 is 1.00 bits per heavy atom. The molecule has 3 N–H and O–H groups in total. The Balaban J connectivity index is 1.76. The molecule has 3 amide bonds. The van der Waals surface area contributed by atoms with Crippen LogP contribution in [0, 0.1) is 0 Å². The van der Waals surface area contributed by atoms with E-state index in [1.807, 2.05) is 30.3 Å². The van der Waals surface area contributed by atoms with E-state index < -0.39 is 12.1 Å². The highest BCUT2D eigenvalue weighted by Gasteiger charge is 2.24. The third-order valence-corrected chi connectivity index (χ3v) is 5.81. The summed E-state index contributed by atoms with van der Waals surface area (Å²) in [5.41, 5.74) is 0.870. The van der Waals surface area contributed by atoms with Crippen LogP contribution < -0.4 is 16.0 Å². The number of benzene rings is 1. The van der Waals surface area contributed by atoms with Crippen molar-refractivity contribution in [2.45, 2.75) is 96.2 Å². The first-order chi connectivity index (χ1) is 15.6. The van der Waals surface area contributed by atoms with E-state index in [9.17, 15) is 14.4 Å². The monoisotopic (exact) mass is 445 g/mol. The smallest absolute Gasteiger partial charge is 0.407 e. The van der Waals surface area contributed by atoms with Crippen molar-refractivity contribution < 1.29 is 19.1 Å². The van der Waals surface area contributed by atoms with Crippen LogP contribution >= 0.6 is 0 Å². The van der Waals surface area contributed by atoms with Crippen molar-refractivity contribution in [1.82, 2.24) is 16.0 Å². The molecule has 1 saturated carbocycles. The molecule has 1 fully saturated rings. The zero-order chi connectivity index (χ0) is 23.0. The van der Waals surface area contributed by atoms with Gasteiger partial charge in [0, 0.05) is 6.04 Å². The minimum Gasteiger partial charge on any atom is -0.445 e.